The van der Waals surface area contributed by atoms with Gasteiger partial charge < -0.3 is 14.6 Å². The third-order valence-electron chi connectivity index (χ3n) is 3.62. The van der Waals surface area contributed by atoms with E-state index in [4.69, 9.17) is 9.47 Å². The van der Waals surface area contributed by atoms with Crippen LogP contribution in [0.2, 0.25) is 0 Å². The summed E-state index contributed by atoms with van der Waals surface area (Å²) in [6.07, 6.45) is 0.314. The van der Waals surface area contributed by atoms with Crippen molar-refractivity contribution in [3.63, 3.8) is 0 Å². The maximum absolute atomic E-state index is 10.6. The van der Waals surface area contributed by atoms with Crippen LogP contribution in [0.3, 0.4) is 0 Å². The Kier molecular flexibility index (Phi) is 4.41. The van der Waals surface area contributed by atoms with Gasteiger partial charge in [0, 0.05) is 13.2 Å². The van der Waals surface area contributed by atoms with Gasteiger partial charge in [-0.15, -0.1) is 0 Å². The average molecular weight is 261 g/mol. The van der Waals surface area contributed by atoms with Gasteiger partial charge in [-0.1, -0.05) is 12.1 Å². The summed E-state index contributed by atoms with van der Waals surface area (Å²) in [4.78, 5) is 0. The SMILES string of the molecule is CCOc1cccc(C(O)C2(C#N)CCOCC2)c1. The minimum Gasteiger partial charge on any atom is -0.494 e. The largest absolute Gasteiger partial charge is 0.494 e. The van der Waals surface area contributed by atoms with Crippen molar-refractivity contribution in [2.75, 3.05) is 19.8 Å². The first-order chi connectivity index (χ1) is 9.22. The summed E-state index contributed by atoms with van der Waals surface area (Å²) in [5.74, 6) is 0.721. The normalized spacial score (nSPS) is 19.4. The van der Waals surface area contributed by atoms with E-state index < -0.39 is 11.5 Å². The highest BCUT2D eigenvalue weighted by molar-refractivity contribution is 5.32. The van der Waals surface area contributed by atoms with E-state index >= 15 is 0 Å². The predicted molar refractivity (Wildman–Crippen MR) is 70.7 cm³/mol. The number of ether oxygens (including phenoxy) is 2. The van der Waals surface area contributed by atoms with E-state index in [2.05, 4.69) is 6.07 Å². The molecular weight excluding hydrogens is 242 g/mol. The van der Waals surface area contributed by atoms with E-state index in [0.29, 0.717) is 32.7 Å². The molecule has 1 unspecified atom stereocenters. The second kappa shape index (κ2) is 6.05. The van der Waals surface area contributed by atoms with Gasteiger partial charge in [-0.05, 0) is 37.5 Å². The van der Waals surface area contributed by atoms with Gasteiger partial charge in [-0.25, -0.2) is 0 Å². The van der Waals surface area contributed by atoms with Gasteiger partial charge >= 0.3 is 0 Å². The molecule has 0 saturated carbocycles. The number of aliphatic hydroxyl groups is 1. The van der Waals surface area contributed by atoms with E-state index in [0.717, 1.165) is 11.3 Å². The minimum absolute atomic E-state index is 0.524. The van der Waals surface area contributed by atoms with Crippen LogP contribution >= 0.6 is 0 Å². The zero-order valence-electron chi connectivity index (χ0n) is 11.1. The van der Waals surface area contributed by atoms with Crippen LogP contribution in [0, 0.1) is 16.7 Å². The van der Waals surface area contributed by atoms with E-state index in [9.17, 15) is 10.4 Å². The summed E-state index contributed by atoms with van der Waals surface area (Å²) < 4.78 is 10.7. The monoisotopic (exact) mass is 261 g/mol. The fourth-order valence-corrected chi connectivity index (χ4v) is 2.44. The molecule has 0 aromatic heterocycles. The van der Waals surface area contributed by atoms with E-state index in [1.54, 1.807) is 0 Å². The molecule has 0 spiro atoms. The first-order valence-electron chi connectivity index (χ1n) is 6.61. The van der Waals surface area contributed by atoms with Gasteiger partial charge in [0.05, 0.1) is 24.2 Å². The molecule has 4 heteroatoms. The van der Waals surface area contributed by atoms with Crippen molar-refractivity contribution in [2.24, 2.45) is 5.41 Å². The number of hydrogen-bond donors (Lipinski definition) is 1. The molecular formula is C15H19NO3. The lowest BCUT2D eigenvalue weighted by Crippen LogP contribution is -2.34. The van der Waals surface area contributed by atoms with Gasteiger partial charge in [-0.3, -0.25) is 0 Å². The molecule has 1 aromatic carbocycles. The maximum atomic E-state index is 10.6. The zero-order valence-corrected chi connectivity index (χ0v) is 11.1. The van der Waals surface area contributed by atoms with Crippen LogP contribution in [0.5, 0.6) is 5.75 Å². The van der Waals surface area contributed by atoms with E-state index in [-0.39, 0.29) is 0 Å². The Labute approximate surface area is 113 Å². The van der Waals surface area contributed by atoms with Crippen molar-refractivity contribution in [3.05, 3.63) is 29.8 Å². The van der Waals surface area contributed by atoms with Crippen LogP contribution in [-0.2, 0) is 4.74 Å². The summed E-state index contributed by atoms with van der Waals surface area (Å²) in [5.41, 5.74) is -0.0160. The van der Waals surface area contributed by atoms with E-state index in [1.165, 1.54) is 0 Å². The molecule has 1 heterocycles. The fraction of sp³-hybridized carbons (Fsp3) is 0.533. The quantitative estimate of drug-likeness (QED) is 0.904. The molecule has 2 rings (SSSR count). The van der Waals surface area contributed by atoms with Crippen LogP contribution in [0.1, 0.15) is 31.4 Å². The molecule has 1 aliphatic rings. The molecule has 0 bridgehead atoms. The second-order valence-corrected chi connectivity index (χ2v) is 4.79. The van der Waals surface area contributed by atoms with Crippen LogP contribution in [0.25, 0.3) is 0 Å². The third kappa shape index (κ3) is 2.89. The predicted octanol–water partition coefficient (Wildman–Crippen LogP) is 2.44. The molecule has 0 radical (unpaired) electrons. The molecule has 4 nitrogen and oxygen atoms in total. The Bertz CT molecular complexity index is 461. The smallest absolute Gasteiger partial charge is 0.119 e. The first-order valence-corrected chi connectivity index (χ1v) is 6.61. The summed E-state index contributed by atoms with van der Waals surface area (Å²) in [7, 11) is 0. The molecule has 0 aliphatic carbocycles. The zero-order chi connectivity index (χ0) is 13.7. The highest BCUT2D eigenvalue weighted by Crippen LogP contribution is 2.42. The molecule has 1 fully saturated rings. The lowest BCUT2D eigenvalue weighted by atomic mass is 9.74. The fourth-order valence-electron chi connectivity index (χ4n) is 2.44. The lowest BCUT2D eigenvalue weighted by Gasteiger charge is -2.35. The van der Waals surface area contributed by atoms with Crippen molar-refractivity contribution in [2.45, 2.75) is 25.9 Å². The molecule has 102 valence electrons. The van der Waals surface area contributed by atoms with Crippen molar-refractivity contribution in [1.29, 1.82) is 5.26 Å². The van der Waals surface area contributed by atoms with Gasteiger partial charge in [0.2, 0.25) is 0 Å². The Balaban J connectivity index is 2.24. The summed E-state index contributed by atoms with van der Waals surface area (Å²) in [6, 6.07) is 9.63. The Morgan fingerprint density at radius 2 is 2.21 bits per heavy atom. The Morgan fingerprint density at radius 1 is 1.47 bits per heavy atom. The molecule has 1 atom stereocenters. The summed E-state index contributed by atoms with van der Waals surface area (Å²) in [5, 5.41) is 20.0. The molecule has 19 heavy (non-hydrogen) atoms. The van der Waals surface area contributed by atoms with Gasteiger partial charge in [0.1, 0.15) is 5.75 Å². The number of nitriles is 1. The molecule has 1 saturated heterocycles. The lowest BCUT2D eigenvalue weighted by molar-refractivity contribution is -0.0310. The number of hydrogen-bond acceptors (Lipinski definition) is 4. The van der Waals surface area contributed by atoms with Crippen molar-refractivity contribution in [1.82, 2.24) is 0 Å². The van der Waals surface area contributed by atoms with Gasteiger partial charge in [0.15, 0.2) is 0 Å². The number of aliphatic hydroxyl groups excluding tert-OH is 1. The Morgan fingerprint density at radius 3 is 2.84 bits per heavy atom. The number of benzene rings is 1. The van der Waals surface area contributed by atoms with Crippen molar-refractivity contribution >= 4 is 0 Å². The first kappa shape index (κ1) is 13.9. The molecule has 0 amide bonds. The summed E-state index contributed by atoms with van der Waals surface area (Å²) in [6.45, 7) is 3.54. The molecule has 1 aromatic rings. The molecule has 1 N–H and O–H groups in total. The summed E-state index contributed by atoms with van der Waals surface area (Å²) >= 11 is 0. The van der Waals surface area contributed by atoms with Gasteiger partial charge in [0.25, 0.3) is 0 Å². The van der Waals surface area contributed by atoms with Crippen molar-refractivity contribution in [3.8, 4) is 11.8 Å². The number of rotatable bonds is 4. The highest BCUT2D eigenvalue weighted by atomic mass is 16.5. The van der Waals surface area contributed by atoms with Crippen LogP contribution < -0.4 is 4.74 Å². The van der Waals surface area contributed by atoms with Gasteiger partial charge in [-0.2, -0.15) is 5.26 Å². The van der Waals surface area contributed by atoms with E-state index in [1.807, 2.05) is 31.2 Å². The number of nitrogens with zero attached hydrogens (tertiary/aromatic N) is 1. The maximum Gasteiger partial charge on any atom is 0.119 e. The van der Waals surface area contributed by atoms with Crippen molar-refractivity contribution < 1.29 is 14.6 Å². The van der Waals surface area contributed by atoms with Crippen LogP contribution in [-0.4, -0.2) is 24.9 Å². The third-order valence-corrected chi connectivity index (χ3v) is 3.62. The second-order valence-electron chi connectivity index (χ2n) is 4.79. The highest BCUT2D eigenvalue weighted by Gasteiger charge is 2.40. The average Bonchev–Trinajstić information content (AvgIpc) is 2.48. The van der Waals surface area contributed by atoms with Crippen LogP contribution in [0.15, 0.2) is 24.3 Å². The van der Waals surface area contributed by atoms with Crippen LogP contribution in [0.4, 0.5) is 0 Å². The molecule has 1 aliphatic heterocycles. The minimum atomic E-state index is -0.804. The topological polar surface area (TPSA) is 62.5 Å². The Hall–Kier alpha value is -1.57. The standard InChI is InChI=1S/C15H19NO3/c1-2-19-13-5-3-4-12(10-13)14(17)15(11-16)6-8-18-9-7-15/h3-5,10,14,17H,2,6-9H2,1H3.